The van der Waals surface area contributed by atoms with E-state index in [4.69, 9.17) is 9.47 Å². The molecular weight excluding hydrogens is 424 g/mol. The number of carbonyl (C=O) groups is 2. The van der Waals surface area contributed by atoms with Crippen LogP contribution in [-0.4, -0.2) is 38.2 Å². The van der Waals surface area contributed by atoms with E-state index in [1.54, 1.807) is 6.07 Å². The molecule has 0 saturated carbocycles. The standard InChI is InChI=1S/C25H26N2O4S/c1-15-7-8-19(31-20-13-26-14-20)12-21(15)24(28)27-16(2)17-5-4-6-18(11-17)22-9-10-23(32-22)25(29)30-3/h4-12,16,20,26H,13-14H2,1-3H3,(H,27,28)/t16-/m1/s1. The average Bonchev–Trinajstić information content (AvgIpc) is 3.27. The highest BCUT2D eigenvalue weighted by molar-refractivity contribution is 7.17. The first-order chi connectivity index (χ1) is 15.4. The molecule has 1 saturated heterocycles. The maximum absolute atomic E-state index is 13.0. The van der Waals surface area contributed by atoms with Gasteiger partial charge in [-0.2, -0.15) is 0 Å². The van der Waals surface area contributed by atoms with E-state index in [1.807, 2.05) is 62.4 Å². The fourth-order valence-corrected chi connectivity index (χ4v) is 4.40. The number of carbonyl (C=O) groups excluding carboxylic acids is 2. The Kier molecular flexibility index (Phi) is 6.58. The summed E-state index contributed by atoms with van der Waals surface area (Å²) in [4.78, 5) is 26.3. The van der Waals surface area contributed by atoms with Gasteiger partial charge in [0.25, 0.3) is 5.91 Å². The van der Waals surface area contributed by atoms with E-state index in [2.05, 4.69) is 10.6 Å². The first kappa shape index (κ1) is 22.0. The number of aryl methyl sites for hydroxylation is 1. The van der Waals surface area contributed by atoms with Crippen molar-refractivity contribution in [3.05, 3.63) is 76.2 Å². The summed E-state index contributed by atoms with van der Waals surface area (Å²) in [7, 11) is 1.38. The Balaban J connectivity index is 1.48. The van der Waals surface area contributed by atoms with Gasteiger partial charge in [0.05, 0.1) is 13.2 Å². The van der Waals surface area contributed by atoms with E-state index in [1.165, 1.54) is 18.4 Å². The third-order valence-electron chi connectivity index (χ3n) is 5.51. The minimum absolute atomic E-state index is 0.137. The van der Waals surface area contributed by atoms with Gasteiger partial charge in [-0.3, -0.25) is 4.79 Å². The first-order valence-electron chi connectivity index (χ1n) is 10.5. The fourth-order valence-electron chi connectivity index (χ4n) is 3.48. The highest BCUT2D eigenvalue weighted by Gasteiger charge is 2.20. The summed E-state index contributed by atoms with van der Waals surface area (Å²) in [6, 6.07) is 17.1. The number of benzene rings is 2. The Bertz CT molecular complexity index is 1140. The molecule has 2 N–H and O–H groups in total. The molecule has 1 aromatic heterocycles. The molecular formula is C25H26N2O4S. The van der Waals surface area contributed by atoms with Gasteiger partial charge in [-0.25, -0.2) is 4.79 Å². The van der Waals surface area contributed by atoms with Crippen molar-refractivity contribution < 1.29 is 19.1 Å². The van der Waals surface area contributed by atoms with Crippen molar-refractivity contribution in [3.63, 3.8) is 0 Å². The Labute approximate surface area is 191 Å². The second-order valence-corrected chi connectivity index (χ2v) is 8.93. The molecule has 6 nitrogen and oxygen atoms in total. The quantitative estimate of drug-likeness (QED) is 0.524. The summed E-state index contributed by atoms with van der Waals surface area (Å²) in [5, 5.41) is 6.27. The molecule has 0 unspecified atom stereocenters. The second-order valence-electron chi connectivity index (χ2n) is 7.85. The average molecular weight is 451 g/mol. The van der Waals surface area contributed by atoms with E-state index in [0.717, 1.165) is 34.7 Å². The van der Waals surface area contributed by atoms with Crippen molar-refractivity contribution in [2.24, 2.45) is 0 Å². The van der Waals surface area contributed by atoms with Crippen LogP contribution in [0.3, 0.4) is 0 Å². The van der Waals surface area contributed by atoms with Crippen LogP contribution in [0.5, 0.6) is 5.75 Å². The third kappa shape index (κ3) is 4.84. The summed E-state index contributed by atoms with van der Waals surface area (Å²) in [5.74, 6) is 0.232. The van der Waals surface area contributed by atoms with Gasteiger partial charge >= 0.3 is 5.97 Å². The number of hydrogen-bond acceptors (Lipinski definition) is 6. The topological polar surface area (TPSA) is 76.7 Å². The maximum Gasteiger partial charge on any atom is 0.348 e. The van der Waals surface area contributed by atoms with Crippen molar-refractivity contribution in [1.29, 1.82) is 0 Å². The normalized spacial score (nSPS) is 14.3. The van der Waals surface area contributed by atoms with E-state index in [9.17, 15) is 9.59 Å². The number of thiophene rings is 1. The van der Waals surface area contributed by atoms with Crippen LogP contribution in [0.25, 0.3) is 10.4 Å². The summed E-state index contributed by atoms with van der Waals surface area (Å²) in [6.07, 6.45) is 0.159. The van der Waals surface area contributed by atoms with Crippen LogP contribution in [0.4, 0.5) is 0 Å². The molecule has 0 aliphatic carbocycles. The molecule has 1 fully saturated rings. The van der Waals surface area contributed by atoms with Crippen LogP contribution in [0.1, 0.15) is 44.1 Å². The minimum atomic E-state index is -0.340. The van der Waals surface area contributed by atoms with Crippen molar-refractivity contribution >= 4 is 23.2 Å². The molecule has 7 heteroatoms. The molecule has 2 heterocycles. The van der Waals surface area contributed by atoms with Gasteiger partial charge in [0, 0.05) is 23.5 Å². The lowest BCUT2D eigenvalue weighted by Crippen LogP contribution is -2.50. The molecule has 3 aromatic rings. The molecule has 2 aromatic carbocycles. The zero-order valence-electron chi connectivity index (χ0n) is 18.3. The van der Waals surface area contributed by atoms with E-state index in [0.29, 0.717) is 16.2 Å². The van der Waals surface area contributed by atoms with Crippen LogP contribution < -0.4 is 15.4 Å². The van der Waals surface area contributed by atoms with E-state index < -0.39 is 0 Å². The van der Waals surface area contributed by atoms with Crippen molar-refractivity contribution in [1.82, 2.24) is 10.6 Å². The van der Waals surface area contributed by atoms with Crippen LogP contribution in [0.2, 0.25) is 0 Å². The van der Waals surface area contributed by atoms with Crippen LogP contribution >= 0.6 is 11.3 Å². The molecule has 1 amide bonds. The van der Waals surface area contributed by atoms with Gasteiger partial charge < -0.3 is 20.1 Å². The molecule has 1 atom stereocenters. The van der Waals surface area contributed by atoms with Crippen LogP contribution in [0, 0.1) is 6.92 Å². The Hall–Kier alpha value is -3.16. The summed E-state index contributed by atoms with van der Waals surface area (Å²) in [6.45, 7) is 5.54. The zero-order valence-corrected chi connectivity index (χ0v) is 19.1. The summed E-state index contributed by atoms with van der Waals surface area (Å²) < 4.78 is 10.7. The van der Waals surface area contributed by atoms with E-state index in [-0.39, 0.29) is 24.0 Å². The number of esters is 1. The number of amides is 1. The lowest BCUT2D eigenvalue weighted by atomic mass is 10.0. The highest BCUT2D eigenvalue weighted by Crippen LogP contribution is 2.30. The SMILES string of the molecule is COC(=O)c1ccc(-c2cccc([C@@H](C)NC(=O)c3cc(OC4CNC4)ccc3C)c2)s1. The number of ether oxygens (including phenoxy) is 2. The van der Waals surface area contributed by atoms with Crippen LogP contribution in [-0.2, 0) is 4.74 Å². The van der Waals surface area contributed by atoms with Gasteiger partial charge in [0.15, 0.2) is 0 Å². The number of nitrogens with one attached hydrogen (secondary N) is 2. The van der Waals surface area contributed by atoms with Crippen molar-refractivity contribution in [2.75, 3.05) is 20.2 Å². The molecule has 0 bridgehead atoms. The molecule has 4 rings (SSSR count). The highest BCUT2D eigenvalue weighted by atomic mass is 32.1. The smallest absolute Gasteiger partial charge is 0.348 e. The molecule has 1 aliphatic rings. The van der Waals surface area contributed by atoms with Gasteiger partial charge in [0.1, 0.15) is 16.7 Å². The lowest BCUT2D eigenvalue weighted by molar-refractivity contribution is 0.0606. The minimum Gasteiger partial charge on any atom is -0.488 e. The Morgan fingerprint density at radius 3 is 2.66 bits per heavy atom. The van der Waals surface area contributed by atoms with Gasteiger partial charge in [-0.1, -0.05) is 24.3 Å². The Morgan fingerprint density at radius 1 is 1.12 bits per heavy atom. The van der Waals surface area contributed by atoms with Crippen LogP contribution in [0.15, 0.2) is 54.6 Å². The number of hydrogen-bond donors (Lipinski definition) is 2. The molecule has 1 aliphatic heterocycles. The molecule has 0 radical (unpaired) electrons. The van der Waals surface area contributed by atoms with E-state index >= 15 is 0 Å². The fraction of sp³-hybridized carbons (Fsp3) is 0.280. The van der Waals surface area contributed by atoms with Gasteiger partial charge in [0.2, 0.25) is 0 Å². The lowest BCUT2D eigenvalue weighted by Gasteiger charge is -2.28. The molecule has 32 heavy (non-hydrogen) atoms. The summed E-state index contributed by atoms with van der Waals surface area (Å²) in [5.41, 5.74) is 3.48. The number of methoxy groups -OCH3 is 1. The van der Waals surface area contributed by atoms with Gasteiger partial charge in [-0.05, 0) is 60.9 Å². The largest absolute Gasteiger partial charge is 0.488 e. The van der Waals surface area contributed by atoms with Gasteiger partial charge in [-0.15, -0.1) is 11.3 Å². The number of rotatable bonds is 7. The molecule has 0 spiro atoms. The summed E-state index contributed by atoms with van der Waals surface area (Å²) >= 11 is 1.38. The first-order valence-corrected chi connectivity index (χ1v) is 11.3. The molecule has 166 valence electrons. The predicted octanol–water partition coefficient (Wildman–Crippen LogP) is 4.35. The zero-order chi connectivity index (χ0) is 22.7. The maximum atomic E-state index is 13.0. The Morgan fingerprint density at radius 2 is 1.94 bits per heavy atom. The third-order valence-corrected chi connectivity index (χ3v) is 6.63. The monoisotopic (exact) mass is 450 g/mol. The van der Waals surface area contributed by atoms with Crippen molar-refractivity contribution in [2.45, 2.75) is 26.0 Å². The van der Waals surface area contributed by atoms with Crippen molar-refractivity contribution in [3.8, 4) is 16.2 Å². The predicted molar refractivity (Wildman–Crippen MR) is 125 cm³/mol. The second kappa shape index (κ2) is 9.54.